The average Bonchev–Trinajstić information content (AvgIpc) is 2.23. The van der Waals surface area contributed by atoms with Crippen LogP contribution in [0.1, 0.15) is 11.1 Å². The van der Waals surface area contributed by atoms with Gasteiger partial charge >= 0.3 is 12.5 Å². The fourth-order valence-corrected chi connectivity index (χ4v) is 2.73. The topological polar surface area (TPSA) is 56.3 Å². The zero-order valence-corrected chi connectivity index (χ0v) is 12.5. The SMILES string of the molecule is O=S(=O)(Cl)c1ncc(C(F)(F)F)c(CBr)c1OC(F)(F)F. The predicted octanol–water partition coefficient (Wildman–Crippen LogP) is 3.82. The number of hydrogen-bond acceptors (Lipinski definition) is 4. The molecule has 0 saturated carbocycles. The van der Waals surface area contributed by atoms with E-state index < -0.39 is 48.8 Å². The summed E-state index contributed by atoms with van der Waals surface area (Å²) in [6.07, 6.45) is -10.4. The van der Waals surface area contributed by atoms with Crippen molar-refractivity contribution < 1.29 is 39.5 Å². The van der Waals surface area contributed by atoms with E-state index in [0.717, 1.165) is 0 Å². The third-order valence-corrected chi connectivity index (χ3v) is 3.74. The van der Waals surface area contributed by atoms with Gasteiger partial charge in [0.15, 0.2) is 5.75 Å². The van der Waals surface area contributed by atoms with Crippen LogP contribution in [0, 0.1) is 0 Å². The minimum atomic E-state index is -5.43. The smallest absolute Gasteiger partial charge is 0.402 e. The van der Waals surface area contributed by atoms with Crippen LogP contribution in [0.3, 0.4) is 0 Å². The van der Waals surface area contributed by atoms with Crippen LogP contribution in [-0.2, 0) is 20.6 Å². The molecule has 0 N–H and O–H groups in total. The minimum absolute atomic E-state index is 0.0646. The van der Waals surface area contributed by atoms with Crippen LogP contribution in [-0.4, -0.2) is 19.8 Å². The fourth-order valence-electron chi connectivity index (χ4n) is 1.28. The number of alkyl halides is 7. The lowest BCUT2D eigenvalue weighted by molar-refractivity contribution is -0.276. The molecular formula is C8H3BrClF6NO3S. The largest absolute Gasteiger partial charge is 0.573 e. The van der Waals surface area contributed by atoms with Gasteiger partial charge in [0.1, 0.15) is 0 Å². The van der Waals surface area contributed by atoms with Crippen molar-refractivity contribution in [1.29, 1.82) is 0 Å². The normalized spacial score (nSPS) is 13.3. The van der Waals surface area contributed by atoms with Crippen molar-refractivity contribution in [1.82, 2.24) is 4.98 Å². The molecule has 1 aromatic heterocycles. The summed E-state index contributed by atoms with van der Waals surface area (Å²) in [7, 11) is 0.00116. The highest BCUT2D eigenvalue weighted by Gasteiger charge is 2.41. The summed E-state index contributed by atoms with van der Waals surface area (Å²) < 4.78 is 101. The molecule has 1 aromatic rings. The van der Waals surface area contributed by atoms with Crippen LogP contribution >= 0.6 is 26.6 Å². The molecule has 0 bridgehead atoms. The van der Waals surface area contributed by atoms with Gasteiger partial charge in [0.05, 0.1) is 5.56 Å². The molecule has 0 unspecified atom stereocenters. The Morgan fingerprint density at radius 3 is 2.10 bits per heavy atom. The van der Waals surface area contributed by atoms with Crippen LogP contribution in [0.15, 0.2) is 11.2 Å². The quantitative estimate of drug-likeness (QED) is 0.422. The van der Waals surface area contributed by atoms with Crippen molar-refractivity contribution in [3.05, 3.63) is 17.3 Å². The zero-order chi connectivity index (χ0) is 16.6. The van der Waals surface area contributed by atoms with E-state index in [1.54, 1.807) is 0 Å². The van der Waals surface area contributed by atoms with Gasteiger partial charge in [0.25, 0.3) is 9.05 Å². The molecule has 1 heterocycles. The summed E-state index contributed by atoms with van der Waals surface area (Å²) in [5, 5.41) is -2.22. The molecule has 0 fully saturated rings. The maximum Gasteiger partial charge on any atom is 0.573 e. The second kappa shape index (κ2) is 5.80. The van der Waals surface area contributed by atoms with Crippen molar-refractivity contribution in [2.45, 2.75) is 22.9 Å². The second-order valence-corrected chi connectivity index (χ2v) is 6.44. The Balaban J connectivity index is 3.73. The number of halogens is 8. The maximum atomic E-state index is 12.7. The average molecular weight is 423 g/mol. The Kier molecular flexibility index (Phi) is 5.05. The summed E-state index contributed by atoms with van der Waals surface area (Å²) >= 11 is 2.55. The van der Waals surface area contributed by atoms with Gasteiger partial charge in [-0.05, 0) is 0 Å². The third kappa shape index (κ3) is 4.61. The Morgan fingerprint density at radius 2 is 1.76 bits per heavy atom. The summed E-state index contributed by atoms with van der Waals surface area (Å²) in [5.74, 6) is -1.62. The number of aromatic nitrogens is 1. The molecule has 0 radical (unpaired) electrons. The molecule has 0 aliphatic carbocycles. The van der Waals surface area contributed by atoms with Gasteiger partial charge in [-0.15, -0.1) is 13.2 Å². The number of nitrogens with zero attached hydrogens (tertiary/aromatic N) is 1. The Hall–Kier alpha value is -0.750. The van der Waals surface area contributed by atoms with E-state index in [0.29, 0.717) is 0 Å². The van der Waals surface area contributed by atoms with Gasteiger partial charge < -0.3 is 4.74 Å². The first-order valence-corrected chi connectivity index (χ1v) is 8.06. The van der Waals surface area contributed by atoms with Crippen LogP contribution in [0.25, 0.3) is 0 Å². The first-order chi connectivity index (χ1) is 9.27. The molecule has 0 saturated heterocycles. The predicted molar refractivity (Wildman–Crippen MR) is 61.6 cm³/mol. The van der Waals surface area contributed by atoms with Gasteiger partial charge in [-0.25, -0.2) is 13.4 Å². The molecule has 1 rings (SSSR count). The summed E-state index contributed by atoms with van der Waals surface area (Å²) in [6.45, 7) is 0. The molecule has 21 heavy (non-hydrogen) atoms. The van der Waals surface area contributed by atoms with E-state index in [4.69, 9.17) is 10.7 Å². The van der Waals surface area contributed by atoms with Gasteiger partial charge in [0.2, 0.25) is 5.03 Å². The van der Waals surface area contributed by atoms with E-state index in [2.05, 4.69) is 25.7 Å². The highest BCUT2D eigenvalue weighted by Crippen LogP contribution is 2.41. The number of hydrogen-bond donors (Lipinski definition) is 0. The lowest BCUT2D eigenvalue weighted by Gasteiger charge is -2.18. The van der Waals surface area contributed by atoms with E-state index >= 15 is 0 Å². The lowest BCUT2D eigenvalue weighted by atomic mass is 10.1. The Morgan fingerprint density at radius 1 is 1.24 bits per heavy atom. The molecule has 4 nitrogen and oxygen atoms in total. The van der Waals surface area contributed by atoms with Gasteiger partial charge in [-0.3, -0.25) is 0 Å². The van der Waals surface area contributed by atoms with E-state index in [1.807, 2.05) is 0 Å². The number of ether oxygens (including phenoxy) is 1. The lowest BCUT2D eigenvalue weighted by Crippen LogP contribution is -2.22. The van der Waals surface area contributed by atoms with E-state index in [9.17, 15) is 34.8 Å². The summed E-state index contributed by atoms with van der Waals surface area (Å²) in [6, 6.07) is 0. The number of pyridine rings is 1. The molecule has 120 valence electrons. The van der Waals surface area contributed by atoms with E-state index in [1.165, 1.54) is 0 Å². The van der Waals surface area contributed by atoms with Crippen LogP contribution in [0.5, 0.6) is 5.75 Å². The van der Waals surface area contributed by atoms with Crippen LogP contribution in [0.2, 0.25) is 0 Å². The monoisotopic (exact) mass is 421 g/mol. The fraction of sp³-hybridized carbons (Fsp3) is 0.375. The van der Waals surface area contributed by atoms with Gasteiger partial charge in [-0.1, -0.05) is 15.9 Å². The molecule has 0 aromatic carbocycles. The van der Waals surface area contributed by atoms with Gasteiger partial charge in [0, 0.05) is 27.8 Å². The molecular weight excluding hydrogens is 420 g/mol. The molecule has 0 atom stereocenters. The molecule has 0 spiro atoms. The summed E-state index contributed by atoms with van der Waals surface area (Å²) in [5.41, 5.74) is -2.67. The maximum absolute atomic E-state index is 12.7. The minimum Gasteiger partial charge on any atom is -0.402 e. The van der Waals surface area contributed by atoms with Crippen molar-refractivity contribution in [3.8, 4) is 5.75 Å². The van der Waals surface area contributed by atoms with Crippen LogP contribution in [0.4, 0.5) is 26.3 Å². The summed E-state index contributed by atoms with van der Waals surface area (Å²) in [4.78, 5) is 2.82. The Bertz CT molecular complexity index is 645. The number of rotatable bonds is 3. The second-order valence-electron chi connectivity index (χ2n) is 3.40. The van der Waals surface area contributed by atoms with Gasteiger partial charge in [-0.2, -0.15) is 13.2 Å². The van der Waals surface area contributed by atoms with Crippen molar-refractivity contribution in [2.24, 2.45) is 0 Å². The standard InChI is InChI=1S/C8H3BrClF6NO3S/c9-1-3-4(7(11,12)13)2-17-6(21(10,18)19)5(3)20-8(14,15)16/h2H,1H2. The highest BCUT2D eigenvalue weighted by molar-refractivity contribution is 9.08. The molecule has 0 aliphatic rings. The zero-order valence-electron chi connectivity index (χ0n) is 9.39. The van der Waals surface area contributed by atoms with Crippen LogP contribution < -0.4 is 4.74 Å². The molecule has 13 heteroatoms. The molecule has 0 amide bonds. The first-order valence-electron chi connectivity index (χ1n) is 4.63. The molecule has 0 aliphatic heterocycles. The highest BCUT2D eigenvalue weighted by atomic mass is 79.9. The van der Waals surface area contributed by atoms with Crippen molar-refractivity contribution >= 4 is 35.7 Å². The third-order valence-electron chi connectivity index (χ3n) is 1.99. The first kappa shape index (κ1) is 18.3. The Labute approximate surface area is 126 Å². The van der Waals surface area contributed by atoms with E-state index in [-0.39, 0.29) is 6.20 Å². The van der Waals surface area contributed by atoms with Crippen molar-refractivity contribution in [3.63, 3.8) is 0 Å². The van der Waals surface area contributed by atoms with Crippen molar-refractivity contribution in [2.75, 3.05) is 0 Å².